The zero-order valence-electron chi connectivity index (χ0n) is 7.00. The van der Waals surface area contributed by atoms with Crippen LogP contribution in [0, 0.1) is 0 Å². The second kappa shape index (κ2) is 4.82. The maximum absolute atomic E-state index is 10.6. The molecule has 0 amide bonds. The number of hydrogen-bond acceptors (Lipinski definition) is 2. The number of carbonyl (C=O) groups excluding carboxylic acids is 1. The standard InChI is InChI=1S/C10H9BrO2/c1-8(11)7-13-10-5-3-2-4-9(10)6-12/h2-6H,1,7H2. The van der Waals surface area contributed by atoms with E-state index in [1.54, 1.807) is 18.2 Å². The molecule has 68 valence electrons. The van der Waals surface area contributed by atoms with Crippen LogP contribution in [0.15, 0.2) is 35.3 Å². The second-order valence-corrected chi connectivity index (χ2v) is 3.58. The van der Waals surface area contributed by atoms with Crippen molar-refractivity contribution in [3.63, 3.8) is 0 Å². The molecule has 3 heteroatoms. The molecule has 1 aromatic rings. The molecule has 2 nitrogen and oxygen atoms in total. The molecule has 0 atom stereocenters. The molecule has 0 saturated heterocycles. The van der Waals surface area contributed by atoms with E-state index >= 15 is 0 Å². The smallest absolute Gasteiger partial charge is 0.153 e. The first kappa shape index (κ1) is 9.99. The van der Waals surface area contributed by atoms with Crippen LogP contribution < -0.4 is 4.74 Å². The quantitative estimate of drug-likeness (QED) is 0.757. The van der Waals surface area contributed by atoms with Gasteiger partial charge in [-0.05, 0) is 12.1 Å². The lowest BCUT2D eigenvalue weighted by Gasteiger charge is -2.06. The highest BCUT2D eigenvalue weighted by Crippen LogP contribution is 2.16. The highest BCUT2D eigenvalue weighted by molar-refractivity contribution is 9.11. The Morgan fingerprint density at radius 3 is 2.85 bits per heavy atom. The molecule has 0 radical (unpaired) electrons. The van der Waals surface area contributed by atoms with Gasteiger partial charge in [-0.3, -0.25) is 4.79 Å². The van der Waals surface area contributed by atoms with Crippen molar-refractivity contribution in [2.24, 2.45) is 0 Å². The number of halogens is 1. The molecular formula is C10H9BrO2. The minimum absolute atomic E-state index is 0.366. The van der Waals surface area contributed by atoms with Crippen molar-refractivity contribution in [3.8, 4) is 5.75 Å². The number of ether oxygens (including phenoxy) is 1. The topological polar surface area (TPSA) is 26.3 Å². The number of hydrogen-bond donors (Lipinski definition) is 0. The minimum Gasteiger partial charge on any atom is -0.488 e. The summed E-state index contributed by atoms with van der Waals surface area (Å²) in [5.74, 6) is 0.582. The second-order valence-electron chi connectivity index (χ2n) is 2.46. The number of carbonyl (C=O) groups is 1. The Morgan fingerprint density at radius 2 is 2.23 bits per heavy atom. The van der Waals surface area contributed by atoms with E-state index in [0.717, 1.165) is 10.8 Å². The van der Waals surface area contributed by atoms with Gasteiger partial charge in [0, 0.05) is 4.48 Å². The molecule has 0 unspecified atom stereocenters. The SMILES string of the molecule is C=C(Br)COc1ccccc1C=O. The summed E-state index contributed by atoms with van der Waals surface area (Å²) in [6.07, 6.45) is 0.770. The summed E-state index contributed by atoms with van der Waals surface area (Å²) < 4.78 is 6.06. The van der Waals surface area contributed by atoms with E-state index in [0.29, 0.717) is 17.9 Å². The number of aldehydes is 1. The molecule has 13 heavy (non-hydrogen) atoms. The Balaban J connectivity index is 2.75. The highest BCUT2D eigenvalue weighted by atomic mass is 79.9. The number of rotatable bonds is 4. The molecule has 0 heterocycles. The fourth-order valence-corrected chi connectivity index (χ4v) is 0.980. The average molecular weight is 241 g/mol. The summed E-state index contributed by atoms with van der Waals surface area (Å²) in [6, 6.07) is 7.07. The van der Waals surface area contributed by atoms with Gasteiger partial charge in [0.15, 0.2) is 6.29 Å². The van der Waals surface area contributed by atoms with Gasteiger partial charge in [0.2, 0.25) is 0 Å². The van der Waals surface area contributed by atoms with E-state index in [2.05, 4.69) is 22.5 Å². The van der Waals surface area contributed by atoms with Crippen LogP contribution in [0.3, 0.4) is 0 Å². The van der Waals surface area contributed by atoms with Gasteiger partial charge >= 0.3 is 0 Å². The summed E-state index contributed by atoms with van der Waals surface area (Å²) in [4.78, 5) is 10.6. The lowest BCUT2D eigenvalue weighted by Crippen LogP contribution is -1.98. The van der Waals surface area contributed by atoms with Gasteiger partial charge in [0.25, 0.3) is 0 Å². The van der Waals surface area contributed by atoms with Crippen LogP contribution in [-0.4, -0.2) is 12.9 Å². The van der Waals surface area contributed by atoms with Crippen LogP contribution in [0.2, 0.25) is 0 Å². The predicted molar refractivity (Wildman–Crippen MR) is 55.4 cm³/mol. The van der Waals surface area contributed by atoms with Crippen LogP contribution in [-0.2, 0) is 0 Å². The largest absolute Gasteiger partial charge is 0.488 e. The summed E-state index contributed by atoms with van der Waals surface area (Å²) in [5.41, 5.74) is 0.552. The van der Waals surface area contributed by atoms with Gasteiger partial charge < -0.3 is 4.74 Å². The Hall–Kier alpha value is -1.09. The molecular weight excluding hydrogens is 232 g/mol. The normalized spacial score (nSPS) is 9.31. The first-order valence-corrected chi connectivity index (χ1v) is 4.53. The summed E-state index contributed by atoms with van der Waals surface area (Å²) in [6.45, 7) is 3.99. The van der Waals surface area contributed by atoms with Crippen LogP contribution >= 0.6 is 15.9 Å². The average Bonchev–Trinajstić information content (AvgIpc) is 2.15. The summed E-state index contributed by atoms with van der Waals surface area (Å²) in [5, 5.41) is 0. The Kier molecular flexibility index (Phi) is 3.71. The van der Waals surface area contributed by atoms with Crippen molar-refractivity contribution in [2.75, 3.05) is 6.61 Å². The number of benzene rings is 1. The van der Waals surface area contributed by atoms with Gasteiger partial charge in [0.1, 0.15) is 12.4 Å². The zero-order valence-corrected chi connectivity index (χ0v) is 8.58. The van der Waals surface area contributed by atoms with E-state index < -0.39 is 0 Å². The summed E-state index contributed by atoms with van der Waals surface area (Å²) in [7, 11) is 0. The molecule has 0 N–H and O–H groups in total. The third-order valence-electron chi connectivity index (χ3n) is 1.43. The van der Waals surface area contributed by atoms with Gasteiger partial charge in [-0.25, -0.2) is 0 Å². The first-order chi connectivity index (χ1) is 6.24. The lowest BCUT2D eigenvalue weighted by molar-refractivity contribution is 0.112. The van der Waals surface area contributed by atoms with Crippen molar-refractivity contribution < 1.29 is 9.53 Å². The molecule has 0 aliphatic rings. The van der Waals surface area contributed by atoms with Crippen molar-refractivity contribution in [1.82, 2.24) is 0 Å². The molecule has 0 aromatic heterocycles. The van der Waals surface area contributed by atoms with Gasteiger partial charge in [-0.2, -0.15) is 0 Å². The molecule has 0 spiro atoms. The van der Waals surface area contributed by atoms with E-state index in [9.17, 15) is 4.79 Å². The fraction of sp³-hybridized carbons (Fsp3) is 0.100. The van der Waals surface area contributed by atoms with Gasteiger partial charge in [0.05, 0.1) is 5.56 Å². The molecule has 0 aliphatic carbocycles. The highest BCUT2D eigenvalue weighted by Gasteiger charge is 2.00. The Bertz CT molecular complexity index is 320. The lowest BCUT2D eigenvalue weighted by atomic mass is 10.2. The third kappa shape index (κ3) is 3.03. The van der Waals surface area contributed by atoms with Crippen molar-refractivity contribution >= 4 is 22.2 Å². The fourth-order valence-electron chi connectivity index (χ4n) is 0.865. The monoisotopic (exact) mass is 240 g/mol. The summed E-state index contributed by atoms with van der Waals surface area (Å²) >= 11 is 3.17. The van der Waals surface area contributed by atoms with Gasteiger partial charge in [-0.1, -0.05) is 34.6 Å². The molecule has 1 rings (SSSR count). The zero-order chi connectivity index (χ0) is 9.68. The van der Waals surface area contributed by atoms with E-state index in [-0.39, 0.29) is 0 Å². The maximum Gasteiger partial charge on any atom is 0.153 e. The molecule has 1 aromatic carbocycles. The molecule has 0 bridgehead atoms. The van der Waals surface area contributed by atoms with E-state index in [4.69, 9.17) is 4.74 Å². The third-order valence-corrected chi connectivity index (χ3v) is 1.66. The molecule has 0 saturated carbocycles. The van der Waals surface area contributed by atoms with Gasteiger partial charge in [-0.15, -0.1) is 0 Å². The van der Waals surface area contributed by atoms with E-state index in [1.807, 2.05) is 6.07 Å². The van der Waals surface area contributed by atoms with Crippen molar-refractivity contribution in [1.29, 1.82) is 0 Å². The first-order valence-electron chi connectivity index (χ1n) is 3.74. The van der Waals surface area contributed by atoms with E-state index in [1.165, 1.54) is 0 Å². The minimum atomic E-state index is 0.366. The van der Waals surface area contributed by atoms with Crippen LogP contribution in [0.5, 0.6) is 5.75 Å². The Morgan fingerprint density at radius 1 is 1.54 bits per heavy atom. The molecule has 0 aliphatic heterocycles. The predicted octanol–water partition coefficient (Wildman–Crippen LogP) is 2.79. The Labute approximate surface area is 85.3 Å². The van der Waals surface area contributed by atoms with Crippen LogP contribution in [0.1, 0.15) is 10.4 Å². The molecule has 0 fully saturated rings. The van der Waals surface area contributed by atoms with Crippen molar-refractivity contribution in [3.05, 3.63) is 40.9 Å². The van der Waals surface area contributed by atoms with Crippen LogP contribution in [0.25, 0.3) is 0 Å². The van der Waals surface area contributed by atoms with Crippen molar-refractivity contribution in [2.45, 2.75) is 0 Å². The van der Waals surface area contributed by atoms with Crippen LogP contribution in [0.4, 0.5) is 0 Å². The number of para-hydroxylation sites is 1. The maximum atomic E-state index is 10.6.